The number of benzene rings is 2. The molecular formula is C21H20N2O6. The highest BCUT2D eigenvalue weighted by atomic mass is 16.5. The molecule has 1 atom stereocenters. The van der Waals surface area contributed by atoms with Gasteiger partial charge in [0.05, 0.1) is 14.2 Å². The number of nitrogens with one attached hydrogen (secondary N) is 1. The number of hydrogen-bond acceptors (Lipinski definition) is 6. The maximum Gasteiger partial charge on any atom is 0.344 e. The molecule has 29 heavy (non-hydrogen) atoms. The third kappa shape index (κ3) is 5.49. The van der Waals surface area contributed by atoms with Gasteiger partial charge >= 0.3 is 5.97 Å². The monoisotopic (exact) mass is 396 g/mol. The van der Waals surface area contributed by atoms with E-state index >= 15 is 0 Å². The average molecular weight is 396 g/mol. The van der Waals surface area contributed by atoms with Gasteiger partial charge in [-0.05, 0) is 43.3 Å². The molecule has 1 amide bonds. The number of carbonyl (C=O) groups excluding carboxylic acids is 1. The van der Waals surface area contributed by atoms with E-state index in [2.05, 4.69) is 5.32 Å². The van der Waals surface area contributed by atoms with E-state index in [4.69, 9.17) is 19.3 Å². The van der Waals surface area contributed by atoms with Crippen molar-refractivity contribution in [2.75, 3.05) is 19.5 Å². The number of ether oxygens (including phenoxy) is 3. The van der Waals surface area contributed by atoms with Gasteiger partial charge in [0.1, 0.15) is 17.4 Å². The number of methoxy groups -OCH3 is 2. The van der Waals surface area contributed by atoms with Crippen molar-refractivity contribution < 1.29 is 28.9 Å². The van der Waals surface area contributed by atoms with E-state index in [0.29, 0.717) is 17.0 Å². The summed E-state index contributed by atoms with van der Waals surface area (Å²) in [5.41, 5.74) is 0.624. The van der Waals surface area contributed by atoms with Crippen LogP contribution in [0.3, 0.4) is 0 Å². The number of nitriles is 1. The average Bonchev–Trinajstić information content (AvgIpc) is 2.73. The van der Waals surface area contributed by atoms with Crippen LogP contribution in [0.15, 0.2) is 48.0 Å². The number of carboxylic acid groups (broad SMARTS) is 1. The van der Waals surface area contributed by atoms with Crippen molar-refractivity contribution in [3.05, 3.63) is 53.6 Å². The first-order valence-electron chi connectivity index (χ1n) is 8.53. The molecule has 2 rings (SSSR count). The van der Waals surface area contributed by atoms with Gasteiger partial charge in [0.2, 0.25) is 0 Å². The summed E-state index contributed by atoms with van der Waals surface area (Å²) in [5.74, 6) is -0.763. The summed E-state index contributed by atoms with van der Waals surface area (Å²) in [4.78, 5) is 23.6. The third-order valence-electron chi connectivity index (χ3n) is 3.88. The zero-order valence-corrected chi connectivity index (χ0v) is 16.1. The summed E-state index contributed by atoms with van der Waals surface area (Å²) in [6.45, 7) is 1.36. The summed E-state index contributed by atoms with van der Waals surface area (Å²) in [6, 6.07) is 13.3. The van der Waals surface area contributed by atoms with E-state index in [0.717, 1.165) is 0 Å². The number of nitrogens with zero attached hydrogens (tertiary/aromatic N) is 1. The summed E-state index contributed by atoms with van der Waals surface area (Å²) < 4.78 is 15.8. The number of rotatable bonds is 8. The minimum Gasteiger partial charge on any atom is -0.497 e. The van der Waals surface area contributed by atoms with Crippen molar-refractivity contribution in [2.45, 2.75) is 13.0 Å². The number of carbonyl (C=O) groups is 2. The predicted octanol–water partition coefficient (Wildman–Crippen LogP) is 3.10. The lowest BCUT2D eigenvalue weighted by Crippen LogP contribution is -2.23. The number of hydrogen-bond donors (Lipinski definition) is 2. The zero-order chi connectivity index (χ0) is 21.4. The fraction of sp³-hybridized carbons (Fsp3) is 0.190. The van der Waals surface area contributed by atoms with Crippen LogP contribution in [0, 0.1) is 11.3 Å². The molecule has 0 aliphatic rings. The van der Waals surface area contributed by atoms with E-state index in [1.165, 1.54) is 27.2 Å². The minimum atomic E-state index is -1.16. The van der Waals surface area contributed by atoms with Crippen molar-refractivity contribution in [3.63, 3.8) is 0 Å². The summed E-state index contributed by atoms with van der Waals surface area (Å²) in [7, 11) is 2.94. The number of amides is 1. The van der Waals surface area contributed by atoms with Gasteiger partial charge in [0, 0.05) is 11.3 Å². The first kappa shape index (κ1) is 21.3. The van der Waals surface area contributed by atoms with Gasteiger partial charge in [-0.15, -0.1) is 0 Å². The summed E-state index contributed by atoms with van der Waals surface area (Å²) >= 11 is 0. The van der Waals surface area contributed by atoms with E-state index in [1.54, 1.807) is 42.5 Å². The summed E-state index contributed by atoms with van der Waals surface area (Å²) in [5, 5.41) is 21.2. The van der Waals surface area contributed by atoms with Gasteiger partial charge < -0.3 is 24.6 Å². The highest BCUT2D eigenvalue weighted by Gasteiger charge is 2.19. The topological polar surface area (TPSA) is 118 Å². The SMILES string of the molecule is COc1ccc(NC(=O)/C(C#N)=C\c2cccc(OC)c2O[C@@H](C)C(=O)O)cc1. The second-order valence-electron chi connectivity index (χ2n) is 5.83. The Hall–Kier alpha value is -3.99. The van der Waals surface area contributed by atoms with E-state index < -0.39 is 18.0 Å². The molecular weight excluding hydrogens is 376 g/mol. The smallest absolute Gasteiger partial charge is 0.344 e. The van der Waals surface area contributed by atoms with Gasteiger partial charge in [-0.25, -0.2) is 4.79 Å². The molecule has 0 aliphatic carbocycles. The number of para-hydroxylation sites is 1. The molecule has 0 saturated heterocycles. The molecule has 8 nitrogen and oxygen atoms in total. The van der Waals surface area contributed by atoms with Crippen molar-refractivity contribution in [1.82, 2.24) is 0 Å². The third-order valence-corrected chi connectivity index (χ3v) is 3.88. The first-order valence-corrected chi connectivity index (χ1v) is 8.53. The Bertz CT molecular complexity index is 960. The molecule has 0 spiro atoms. The highest BCUT2D eigenvalue weighted by Crippen LogP contribution is 2.33. The molecule has 0 heterocycles. The van der Waals surface area contributed by atoms with E-state index in [1.807, 2.05) is 6.07 Å². The van der Waals surface area contributed by atoms with Crippen LogP contribution in [-0.2, 0) is 9.59 Å². The van der Waals surface area contributed by atoms with Gasteiger partial charge in [0.15, 0.2) is 17.6 Å². The largest absolute Gasteiger partial charge is 0.497 e. The molecule has 0 fully saturated rings. The Balaban J connectivity index is 2.34. The highest BCUT2D eigenvalue weighted by molar-refractivity contribution is 6.09. The second-order valence-corrected chi connectivity index (χ2v) is 5.83. The number of carboxylic acids is 1. The lowest BCUT2D eigenvalue weighted by Gasteiger charge is -2.16. The van der Waals surface area contributed by atoms with Crippen molar-refractivity contribution in [2.24, 2.45) is 0 Å². The van der Waals surface area contributed by atoms with Crippen LogP contribution in [0.25, 0.3) is 6.08 Å². The van der Waals surface area contributed by atoms with Crippen LogP contribution < -0.4 is 19.5 Å². The van der Waals surface area contributed by atoms with E-state index in [9.17, 15) is 14.9 Å². The van der Waals surface area contributed by atoms with Gasteiger partial charge in [-0.1, -0.05) is 12.1 Å². The molecule has 2 aromatic rings. The van der Waals surface area contributed by atoms with Crippen molar-refractivity contribution >= 4 is 23.6 Å². The number of aliphatic carboxylic acids is 1. The lowest BCUT2D eigenvalue weighted by atomic mass is 10.1. The quantitative estimate of drug-likeness (QED) is 0.520. The second kappa shape index (κ2) is 9.80. The molecule has 0 saturated carbocycles. The standard InChI is InChI=1S/C21H20N2O6/c1-13(21(25)26)29-19-14(5-4-6-18(19)28-3)11-15(12-22)20(24)23-16-7-9-17(27-2)10-8-16/h4-11,13H,1-3H3,(H,23,24)(H,25,26)/b15-11-/t13-/m0/s1. The predicted molar refractivity (Wildman–Crippen MR) is 106 cm³/mol. The van der Waals surface area contributed by atoms with Gasteiger partial charge in [-0.3, -0.25) is 4.79 Å². The molecule has 0 aliphatic heterocycles. The fourth-order valence-corrected chi connectivity index (χ4v) is 2.34. The summed E-state index contributed by atoms with van der Waals surface area (Å²) in [6.07, 6.45) is 0.155. The molecule has 0 radical (unpaired) electrons. The van der Waals surface area contributed by atoms with Crippen LogP contribution >= 0.6 is 0 Å². The Kier molecular flexibility index (Phi) is 7.20. The maximum absolute atomic E-state index is 12.5. The molecule has 150 valence electrons. The van der Waals surface area contributed by atoms with Crippen molar-refractivity contribution in [1.29, 1.82) is 5.26 Å². The molecule has 0 unspecified atom stereocenters. The zero-order valence-electron chi connectivity index (χ0n) is 16.1. The first-order chi connectivity index (χ1) is 13.9. The van der Waals surface area contributed by atoms with Gasteiger partial charge in [-0.2, -0.15) is 5.26 Å². The van der Waals surface area contributed by atoms with Crippen molar-refractivity contribution in [3.8, 4) is 23.3 Å². The molecule has 0 bridgehead atoms. The van der Waals surface area contributed by atoms with Crippen LogP contribution in [0.5, 0.6) is 17.2 Å². The molecule has 2 aromatic carbocycles. The molecule has 8 heteroatoms. The Labute approximate surface area is 167 Å². The Morgan fingerprint density at radius 1 is 1.14 bits per heavy atom. The Morgan fingerprint density at radius 2 is 1.83 bits per heavy atom. The number of anilines is 1. The Morgan fingerprint density at radius 3 is 2.38 bits per heavy atom. The van der Waals surface area contributed by atoms with Gasteiger partial charge in [0.25, 0.3) is 5.91 Å². The minimum absolute atomic E-state index is 0.120. The molecule has 2 N–H and O–H groups in total. The van der Waals surface area contributed by atoms with Crippen LogP contribution in [0.4, 0.5) is 5.69 Å². The normalized spacial score (nSPS) is 11.7. The fourth-order valence-electron chi connectivity index (χ4n) is 2.34. The van der Waals surface area contributed by atoms with Crippen LogP contribution in [0.2, 0.25) is 0 Å². The van der Waals surface area contributed by atoms with E-state index in [-0.39, 0.29) is 17.1 Å². The molecule has 0 aromatic heterocycles. The lowest BCUT2D eigenvalue weighted by molar-refractivity contribution is -0.144. The maximum atomic E-state index is 12.5. The van der Waals surface area contributed by atoms with Crippen LogP contribution in [-0.4, -0.2) is 37.3 Å². The van der Waals surface area contributed by atoms with Crippen LogP contribution in [0.1, 0.15) is 12.5 Å².